The van der Waals surface area contributed by atoms with Crippen LogP contribution in [0.2, 0.25) is 0 Å². The first-order valence-corrected chi connectivity index (χ1v) is 16.6. The highest BCUT2D eigenvalue weighted by Crippen LogP contribution is 2.46. The van der Waals surface area contributed by atoms with Crippen LogP contribution in [-0.4, -0.2) is 0 Å². The van der Waals surface area contributed by atoms with Gasteiger partial charge in [-0.25, -0.2) is 0 Å². The lowest BCUT2D eigenvalue weighted by Crippen LogP contribution is -2.29. The van der Waals surface area contributed by atoms with Crippen molar-refractivity contribution in [2.45, 2.75) is 149 Å². The molecule has 0 amide bonds. The molecule has 35 heavy (non-hydrogen) atoms. The Morgan fingerprint density at radius 1 is 0.514 bits per heavy atom. The summed E-state index contributed by atoms with van der Waals surface area (Å²) in [6.45, 7) is 4.67. The van der Waals surface area contributed by atoms with Crippen LogP contribution in [-0.2, 0) is 0 Å². The topological polar surface area (TPSA) is 0 Å². The van der Waals surface area contributed by atoms with Crippen molar-refractivity contribution >= 4 is 0 Å². The molecule has 0 N–H and O–H groups in total. The first-order chi connectivity index (χ1) is 17.2. The highest BCUT2D eigenvalue weighted by molar-refractivity contribution is 5.07. The summed E-state index contributed by atoms with van der Waals surface area (Å²) in [6, 6.07) is 0. The predicted octanol–water partition coefficient (Wildman–Crippen LogP) is 11.3. The van der Waals surface area contributed by atoms with Gasteiger partial charge in [-0.2, -0.15) is 0 Å². The molecule has 0 saturated heterocycles. The van der Waals surface area contributed by atoms with Crippen molar-refractivity contribution in [3.63, 3.8) is 0 Å². The van der Waals surface area contributed by atoms with E-state index >= 15 is 0 Å². The molecular weight excluding hydrogens is 420 g/mol. The molecule has 0 aromatic rings. The minimum atomic E-state index is 0.729. The van der Waals surface area contributed by atoms with Crippen LogP contribution in [0.3, 0.4) is 0 Å². The molecule has 0 radical (unpaired) electrons. The molecule has 2 atom stereocenters. The summed E-state index contributed by atoms with van der Waals surface area (Å²) in [7, 11) is 0. The molecular formula is C35H60. The maximum Gasteiger partial charge on any atom is -0.00531 e. The largest absolute Gasteiger partial charge is 0.0848 e. The second-order valence-corrected chi connectivity index (χ2v) is 13.5. The summed E-state index contributed by atoms with van der Waals surface area (Å²) in [5.41, 5.74) is 0. The van der Waals surface area contributed by atoms with Crippen molar-refractivity contribution in [2.24, 2.45) is 47.3 Å². The third kappa shape index (κ3) is 8.78. The Balaban J connectivity index is 1.10. The van der Waals surface area contributed by atoms with Gasteiger partial charge in [0, 0.05) is 0 Å². The quantitative estimate of drug-likeness (QED) is 0.204. The Morgan fingerprint density at radius 2 is 1.09 bits per heavy atom. The lowest BCUT2D eigenvalue weighted by Gasteiger charge is -2.41. The first-order valence-electron chi connectivity index (χ1n) is 16.6. The van der Waals surface area contributed by atoms with Gasteiger partial charge in [0.15, 0.2) is 0 Å². The van der Waals surface area contributed by atoms with Crippen LogP contribution in [0.5, 0.6) is 0 Å². The maximum absolute atomic E-state index is 2.64. The third-order valence-electron chi connectivity index (χ3n) is 11.1. The number of allylic oxidation sites excluding steroid dienone is 4. The zero-order chi connectivity index (χ0) is 24.3. The van der Waals surface area contributed by atoms with Crippen LogP contribution < -0.4 is 0 Å². The van der Waals surface area contributed by atoms with Gasteiger partial charge < -0.3 is 0 Å². The molecule has 0 spiro atoms. The Morgan fingerprint density at radius 3 is 1.63 bits per heavy atom. The van der Waals surface area contributed by atoms with E-state index < -0.39 is 0 Å². The molecule has 3 fully saturated rings. The molecule has 4 aliphatic carbocycles. The fourth-order valence-electron chi connectivity index (χ4n) is 8.59. The molecule has 0 aromatic carbocycles. The molecule has 4 rings (SSSR count). The summed E-state index contributed by atoms with van der Waals surface area (Å²) in [5, 5.41) is 0. The number of unbranched alkanes of at least 4 members (excludes halogenated alkanes) is 3. The van der Waals surface area contributed by atoms with Crippen LogP contribution >= 0.6 is 0 Å². The second kappa shape index (κ2) is 15.0. The summed E-state index contributed by atoms with van der Waals surface area (Å²) >= 11 is 0. The fourth-order valence-corrected chi connectivity index (χ4v) is 8.59. The third-order valence-corrected chi connectivity index (χ3v) is 11.1. The Labute approximate surface area is 220 Å². The van der Waals surface area contributed by atoms with E-state index in [4.69, 9.17) is 0 Å². The van der Waals surface area contributed by atoms with Crippen LogP contribution in [0.25, 0.3) is 0 Å². The van der Waals surface area contributed by atoms with E-state index in [1.807, 2.05) is 0 Å². The fraction of sp³-hybridized carbons (Fsp3) is 0.886. The standard InChI is InChI=1S/C35H60/c1-3-5-7-9-29-10-12-30(13-11-29)14-15-31-18-22-33(23-19-31)35-26-24-34(25-27-35)32-20-16-28(17-21-32)8-6-4-2/h10,12,14-15,28-35H,3-9,11,13,16-27H2,1-2H3. The average Bonchev–Trinajstić information content (AvgIpc) is 2.92. The Kier molecular flexibility index (Phi) is 11.8. The molecule has 0 heterocycles. The molecule has 200 valence electrons. The van der Waals surface area contributed by atoms with Gasteiger partial charge in [-0.3, -0.25) is 0 Å². The van der Waals surface area contributed by atoms with E-state index in [9.17, 15) is 0 Å². The smallest absolute Gasteiger partial charge is 0.00531 e. The van der Waals surface area contributed by atoms with Crippen LogP contribution in [0.1, 0.15) is 149 Å². The van der Waals surface area contributed by atoms with Gasteiger partial charge >= 0.3 is 0 Å². The van der Waals surface area contributed by atoms with Gasteiger partial charge in [0.2, 0.25) is 0 Å². The van der Waals surface area contributed by atoms with Gasteiger partial charge in [-0.1, -0.05) is 89.5 Å². The first kappa shape index (κ1) is 27.5. The highest BCUT2D eigenvalue weighted by atomic mass is 14.4. The lowest BCUT2D eigenvalue weighted by atomic mass is 9.65. The van der Waals surface area contributed by atoms with E-state index in [0.717, 1.165) is 47.3 Å². The normalized spacial score (nSPS) is 38.7. The van der Waals surface area contributed by atoms with Crippen LogP contribution in [0.4, 0.5) is 0 Å². The Bertz CT molecular complexity index is 604. The zero-order valence-electron chi connectivity index (χ0n) is 23.8. The van der Waals surface area contributed by atoms with E-state index in [-0.39, 0.29) is 0 Å². The van der Waals surface area contributed by atoms with Crippen molar-refractivity contribution in [1.82, 2.24) is 0 Å². The van der Waals surface area contributed by atoms with Crippen LogP contribution in [0.15, 0.2) is 24.3 Å². The monoisotopic (exact) mass is 480 g/mol. The summed E-state index contributed by atoms with van der Waals surface area (Å²) in [4.78, 5) is 0. The average molecular weight is 481 g/mol. The Hall–Kier alpha value is -0.520. The van der Waals surface area contributed by atoms with Crippen molar-refractivity contribution in [3.8, 4) is 0 Å². The molecule has 0 nitrogen and oxygen atoms in total. The highest BCUT2D eigenvalue weighted by Gasteiger charge is 2.34. The van der Waals surface area contributed by atoms with E-state index in [0.29, 0.717) is 0 Å². The van der Waals surface area contributed by atoms with Gasteiger partial charge in [0.1, 0.15) is 0 Å². The molecule has 0 heteroatoms. The lowest BCUT2D eigenvalue weighted by molar-refractivity contribution is 0.107. The summed E-state index contributed by atoms with van der Waals surface area (Å²) in [5.74, 6) is 7.87. The minimum Gasteiger partial charge on any atom is -0.0848 e. The molecule has 0 aliphatic heterocycles. The molecule has 3 saturated carbocycles. The van der Waals surface area contributed by atoms with Crippen molar-refractivity contribution in [2.75, 3.05) is 0 Å². The van der Waals surface area contributed by atoms with E-state index in [1.165, 1.54) is 83.5 Å². The van der Waals surface area contributed by atoms with Crippen molar-refractivity contribution < 1.29 is 0 Å². The van der Waals surface area contributed by atoms with Gasteiger partial charge in [-0.05, 0) is 131 Å². The van der Waals surface area contributed by atoms with E-state index in [1.54, 1.807) is 51.4 Å². The maximum atomic E-state index is 2.64. The number of rotatable bonds is 11. The van der Waals surface area contributed by atoms with Crippen LogP contribution in [0, 0.1) is 47.3 Å². The predicted molar refractivity (Wildman–Crippen MR) is 155 cm³/mol. The SMILES string of the molecule is CCCCCC1C=CC(C=CC2CCC(C3CCC(C4CCC(CCCC)CC4)CC3)CC2)CC1. The molecule has 0 aromatic heterocycles. The molecule has 0 bridgehead atoms. The molecule has 2 unspecified atom stereocenters. The van der Waals surface area contributed by atoms with E-state index in [2.05, 4.69) is 38.2 Å². The summed E-state index contributed by atoms with van der Waals surface area (Å²) < 4.78 is 0. The summed E-state index contributed by atoms with van der Waals surface area (Å²) in [6.07, 6.45) is 41.6. The van der Waals surface area contributed by atoms with Gasteiger partial charge in [0.05, 0.1) is 0 Å². The minimum absolute atomic E-state index is 0.729. The second-order valence-electron chi connectivity index (χ2n) is 13.5. The zero-order valence-corrected chi connectivity index (χ0v) is 23.8. The number of hydrogen-bond donors (Lipinski definition) is 0. The van der Waals surface area contributed by atoms with Crippen molar-refractivity contribution in [1.29, 1.82) is 0 Å². The molecule has 4 aliphatic rings. The van der Waals surface area contributed by atoms with Gasteiger partial charge in [0.25, 0.3) is 0 Å². The van der Waals surface area contributed by atoms with Crippen molar-refractivity contribution in [3.05, 3.63) is 24.3 Å². The number of hydrogen-bond acceptors (Lipinski definition) is 0. The van der Waals surface area contributed by atoms with Gasteiger partial charge in [-0.15, -0.1) is 0 Å².